The fourth-order valence-corrected chi connectivity index (χ4v) is 1.76. The molecule has 0 bridgehead atoms. The number of nitriles is 2. The highest BCUT2D eigenvalue weighted by atomic mass is 16.5. The first kappa shape index (κ1) is 21.5. The lowest BCUT2D eigenvalue weighted by Gasteiger charge is -2.06. The van der Waals surface area contributed by atoms with Crippen LogP contribution >= 0.6 is 0 Å². The molecule has 0 aromatic heterocycles. The topological polar surface area (TPSA) is 125 Å². The third-order valence-corrected chi connectivity index (χ3v) is 3.07. The van der Waals surface area contributed by atoms with E-state index in [-0.39, 0.29) is 37.9 Å². The predicted molar refractivity (Wildman–Crippen MR) is 84.5 cm³/mol. The highest BCUT2D eigenvalue weighted by Gasteiger charge is 2.12. The molecular formula is C16H24N4O4. The summed E-state index contributed by atoms with van der Waals surface area (Å²) < 4.78 is 9.59. The van der Waals surface area contributed by atoms with Crippen molar-refractivity contribution in [1.29, 1.82) is 10.5 Å². The molecule has 0 saturated heterocycles. The van der Waals surface area contributed by atoms with Gasteiger partial charge in [0.25, 0.3) is 0 Å². The van der Waals surface area contributed by atoms with E-state index in [1.807, 2.05) is 0 Å². The van der Waals surface area contributed by atoms with Gasteiger partial charge in [-0.05, 0) is 26.7 Å². The second-order valence-electron chi connectivity index (χ2n) is 4.99. The monoisotopic (exact) mass is 336 g/mol. The number of hydrogen-bond acceptors (Lipinski definition) is 8. The van der Waals surface area contributed by atoms with E-state index in [0.717, 1.165) is 0 Å². The fourth-order valence-electron chi connectivity index (χ4n) is 1.76. The van der Waals surface area contributed by atoms with Crippen molar-refractivity contribution < 1.29 is 19.1 Å². The molecule has 0 aliphatic carbocycles. The van der Waals surface area contributed by atoms with Gasteiger partial charge in [-0.1, -0.05) is 0 Å². The Hall–Kier alpha value is -2.48. The Balaban J connectivity index is 4.09. The highest BCUT2D eigenvalue weighted by Crippen LogP contribution is 2.10. The van der Waals surface area contributed by atoms with E-state index in [1.165, 1.54) is 0 Å². The number of esters is 2. The molecule has 8 nitrogen and oxygen atoms in total. The lowest BCUT2D eigenvalue weighted by molar-refractivity contribution is -0.144. The molecule has 0 saturated carbocycles. The van der Waals surface area contributed by atoms with Crippen molar-refractivity contribution in [2.24, 2.45) is 22.1 Å². The normalized spacial score (nSPS) is 12.8. The highest BCUT2D eigenvalue weighted by molar-refractivity contribution is 5.69. The molecule has 0 aliphatic heterocycles. The summed E-state index contributed by atoms with van der Waals surface area (Å²) in [6.07, 6.45) is 1.06. The van der Waals surface area contributed by atoms with Gasteiger partial charge >= 0.3 is 11.9 Å². The minimum Gasteiger partial charge on any atom is -0.466 e. The van der Waals surface area contributed by atoms with Crippen LogP contribution in [0.5, 0.6) is 0 Å². The molecule has 2 unspecified atom stereocenters. The Bertz CT molecular complexity index is 449. The van der Waals surface area contributed by atoms with Crippen LogP contribution in [0.3, 0.4) is 0 Å². The van der Waals surface area contributed by atoms with Crippen LogP contribution in [0.4, 0.5) is 0 Å². The van der Waals surface area contributed by atoms with Crippen LogP contribution in [0, 0.1) is 34.5 Å². The van der Waals surface area contributed by atoms with E-state index in [9.17, 15) is 9.59 Å². The first-order chi connectivity index (χ1) is 11.6. The van der Waals surface area contributed by atoms with Crippen LogP contribution in [0.25, 0.3) is 0 Å². The van der Waals surface area contributed by atoms with Crippen molar-refractivity contribution in [3.8, 4) is 12.1 Å². The van der Waals surface area contributed by atoms with Crippen LogP contribution in [0.2, 0.25) is 0 Å². The molecule has 0 rings (SSSR count). The van der Waals surface area contributed by atoms with Gasteiger partial charge in [-0.25, -0.2) is 0 Å². The van der Waals surface area contributed by atoms with E-state index in [0.29, 0.717) is 26.1 Å². The minimum absolute atomic E-state index is 0.169. The Morgan fingerprint density at radius 2 is 1.25 bits per heavy atom. The van der Waals surface area contributed by atoms with Gasteiger partial charge in [0.15, 0.2) is 0 Å². The van der Waals surface area contributed by atoms with Crippen LogP contribution in [0.1, 0.15) is 39.5 Å². The molecule has 0 aromatic rings. The zero-order valence-electron chi connectivity index (χ0n) is 14.2. The van der Waals surface area contributed by atoms with Crippen molar-refractivity contribution in [1.82, 2.24) is 0 Å². The number of carbonyl (C=O) groups excluding carboxylic acids is 2. The van der Waals surface area contributed by atoms with Gasteiger partial charge in [0.05, 0.1) is 50.3 Å². The maximum atomic E-state index is 11.2. The van der Waals surface area contributed by atoms with E-state index in [1.54, 1.807) is 13.8 Å². The largest absolute Gasteiger partial charge is 0.466 e. The average molecular weight is 336 g/mol. The van der Waals surface area contributed by atoms with Gasteiger partial charge in [-0.3, -0.25) is 9.59 Å². The molecule has 0 aromatic carbocycles. The standard InChI is InChI=1S/C16H24N4O4/c1-3-23-15(21)7-5-13(9-17)11-19-20-12-14(10-18)6-8-16(22)24-4-2/h13-14H,3-8,11-12H2,1-2H3. The van der Waals surface area contributed by atoms with Gasteiger partial charge in [-0.15, -0.1) is 0 Å². The van der Waals surface area contributed by atoms with Gasteiger partial charge < -0.3 is 9.47 Å². The predicted octanol–water partition coefficient (Wildman–Crippen LogP) is 2.40. The SMILES string of the molecule is CCOC(=O)CCC(C#N)CN=NCC(C#N)CCC(=O)OCC. The van der Waals surface area contributed by atoms with Crippen LogP contribution in [-0.4, -0.2) is 38.2 Å². The number of ether oxygens (including phenoxy) is 2. The molecule has 0 N–H and O–H groups in total. The quantitative estimate of drug-likeness (QED) is 0.398. The summed E-state index contributed by atoms with van der Waals surface area (Å²) in [6, 6.07) is 4.14. The molecule has 0 heterocycles. The number of hydrogen-bond donors (Lipinski definition) is 0. The number of carbonyl (C=O) groups is 2. The summed E-state index contributed by atoms with van der Waals surface area (Å²) >= 11 is 0. The smallest absolute Gasteiger partial charge is 0.305 e. The van der Waals surface area contributed by atoms with Crippen molar-refractivity contribution in [3.05, 3.63) is 0 Å². The molecule has 0 radical (unpaired) electrons. The zero-order valence-corrected chi connectivity index (χ0v) is 14.2. The summed E-state index contributed by atoms with van der Waals surface area (Å²) in [7, 11) is 0. The molecule has 0 spiro atoms. The molecule has 2 atom stereocenters. The molecule has 0 amide bonds. The van der Waals surface area contributed by atoms with Crippen molar-refractivity contribution >= 4 is 11.9 Å². The van der Waals surface area contributed by atoms with Crippen molar-refractivity contribution in [2.45, 2.75) is 39.5 Å². The van der Waals surface area contributed by atoms with Gasteiger partial charge in [0.2, 0.25) is 0 Å². The first-order valence-corrected chi connectivity index (χ1v) is 8.01. The molecule has 8 heteroatoms. The van der Waals surface area contributed by atoms with E-state index >= 15 is 0 Å². The first-order valence-electron chi connectivity index (χ1n) is 8.01. The second kappa shape index (κ2) is 14.1. The van der Waals surface area contributed by atoms with Gasteiger partial charge in [-0.2, -0.15) is 20.8 Å². The molecular weight excluding hydrogens is 312 g/mol. The zero-order chi connectivity index (χ0) is 18.2. The summed E-state index contributed by atoms with van der Waals surface area (Å²) in [4.78, 5) is 22.5. The van der Waals surface area contributed by atoms with Gasteiger partial charge in [0, 0.05) is 12.8 Å². The van der Waals surface area contributed by atoms with E-state index in [2.05, 4.69) is 22.4 Å². The van der Waals surface area contributed by atoms with Crippen molar-refractivity contribution in [2.75, 3.05) is 26.3 Å². The maximum absolute atomic E-state index is 11.2. The Kier molecular flexibility index (Phi) is 12.7. The van der Waals surface area contributed by atoms with Crippen LogP contribution in [-0.2, 0) is 19.1 Å². The average Bonchev–Trinajstić information content (AvgIpc) is 2.57. The summed E-state index contributed by atoms with van der Waals surface area (Å²) in [5, 5.41) is 25.8. The number of nitrogens with zero attached hydrogens (tertiary/aromatic N) is 4. The van der Waals surface area contributed by atoms with E-state index in [4.69, 9.17) is 20.0 Å². The lowest BCUT2D eigenvalue weighted by atomic mass is 10.1. The Morgan fingerprint density at radius 3 is 1.54 bits per heavy atom. The summed E-state index contributed by atoms with van der Waals surface area (Å²) in [5.41, 5.74) is 0. The van der Waals surface area contributed by atoms with Crippen molar-refractivity contribution in [3.63, 3.8) is 0 Å². The van der Waals surface area contributed by atoms with Crippen LogP contribution < -0.4 is 0 Å². The third-order valence-electron chi connectivity index (χ3n) is 3.07. The summed E-state index contributed by atoms with van der Waals surface area (Å²) in [5.74, 6) is -1.51. The Labute approximate surface area is 142 Å². The van der Waals surface area contributed by atoms with Crippen LogP contribution in [0.15, 0.2) is 10.2 Å². The minimum atomic E-state index is -0.418. The molecule has 0 aliphatic rings. The Morgan fingerprint density at radius 1 is 0.875 bits per heavy atom. The number of rotatable bonds is 12. The fraction of sp³-hybridized carbons (Fsp3) is 0.750. The number of azo groups is 1. The molecule has 0 fully saturated rings. The second-order valence-corrected chi connectivity index (χ2v) is 4.99. The van der Waals surface area contributed by atoms with E-state index < -0.39 is 11.8 Å². The maximum Gasteiger partial charge on any atom is 0.305 e. The summed E-state index contributed by atoms with van der Waals surface area (Å²) in [6.45, 7) is 4.43. The molecule has 24 heavy (non-hydrogen) atoms. The third kappa shape index (κ3) is 11.1. The van der Waals surface area contributed by atoms with Gasteiger partial charge in [0.1, 0.15) is 0 Å². The molecule has 132 valence electrons. The lowest BCUT2D eigenvalue weighted by Crippen LogP contribution is -2.10.